The monoisotopic (exact) mass is 481 g/mol. The van der Waals surface area contributed by atoms with Crippen molar-refractivity contribution in [2.75, 3.05) is 19.0 Å². The van der Waals surface area contributed by atoms with Gasteiger partial charge in [0.1, 0.15) is 11.6 Å². The minimum atomic E-state index is -4.42. The number of alkyl halides is 3. The fourth-order valence-electron chi connectivity index (χ4n) is 4.09. The van der Waals surface area contributed by atoms with E-state index in [4.69, 9.17) is 4.74 Å². The number of ether oxygens (including phenoxy) is 1. The molecule has 3 heterocycles. The molecule has 0 spiro atoms. The van der Waals surface area contributed by atoms with Crippen LogP contribution in [0, 0.1) is 0 Å². The van der Waals surface area contributed by atoms with E-state index in [-0.39, 0.29) is 5.56 Å². The summed E-state index contributed by atoms with van der Waals surface area (Å²) in [4.78, 5) is 21.2. The molecule has 2 aromatic carbocycles. The van der Waals surface area contributed by atoms with Crippen LogP contribution in [-0.4, -0.2) is 41.4 Å². The minimum Gasteiger partial charge on any atom is -0.497 e. The molecule has 0 amide bonds. The molecule has 7 nitrogen and oxygen atoms in total. The Morgan fingerprint density at radius 3 is 2.60 bits per heavy atom. The second-order valence-electron chi connectivity index (χ2n) is 8.40. The molecule has 5 rings (SSSR count). The summed E-state index contributed by atoms with van der Waals surface area (Å²) in [6.45, 7) is 0.242. The zero-order chi connectivity index (χ0) is 24.8. The molecule has 0 unspecified atom stereocenters. The second kappa shape index (κ2) is 8.31. The van der Waals surface area contributed by atoms with Crippen molar-refractivity contribution in [3.63, 3.8) is 0 Å². The van der Waals surface area contributed by atoms with Crippen LogP contribution in [-0.2, 0) is 0 Å². The van der Waals surface area contributed by atoms with E-state index in [1.54, 1.807) is 49.7 Å². The van der Waals surface area contributed by atoms with Crippen molar-refractivity contribution in [1.29, 1.82) is 0 Å². The van der Waals surface area contributed by atoms with Gasteiger partial charge in [0.25, 0.3) is 5.56 Å². The van der Waals surface area contributed by atoms with Crippen LogP contribution in [0.3, 0.4) is 0 Å². The van der Waals surface area contributed by atoms with E-state index in [0.717, 1.165) is 10.9 Å². The molecule has 2 aromatic heterocycles. The quantitative estimate of drug-likeness (QED) is 0.387. The highest BCUT2D eigenvalue weighted by Gasteiger charge is 2.35. The Labute approximate surface area is 198 Å². The van der Waals surface area contributed by atoms with Crippen molar-refractivity contribution >= 4 is 22.9 Å². The first-order valence-corrected chi connectivity index (χ1v) is 10.8. The molecule has 0 fully saturated rings. The van der Waals surface area contributed by atoms with Gasteiger partial charge in [0.05, 0.1) is 19.3 Å². The molecule has 0 bridgehead atoms. The van der Waals surface area contributed by atoms with Crippen LogP contribution in [0.4, 0.5) is 19.0 Å². The third-order valence-corrected chi connectivity index (χ3v) is 5.88. The third-order valence-electron chi connectivity index (χ3n) is 5.88. The lowest BCUT2D eigenvalue weighted by atomic mass is 10.0. The van der Waals surface area contributed by atoms with E-state index in [0.29, 0.717) is 33.9 Å². The largest absolute Gasteiger partial charge is 0.497 e. The SMILES string of the molecule is COc1ccc(-c2cc3c(n(-c4ccc5[nH]ccc5c4)c2=O)N[C@@](C)(NCC(F)(F)F)N=C3)cc1. The Morgan fingerprint density at radius 2 is 1.89 bits per heavy atom. The molecule has 0 radical (unpaired) electrons. The van der Waals surface area contributed by atoms with E-state index < -0.39 is 18.5 Å². The molecule has 1 atom stereocenters. The predicted molar refractivity (Wildman–Crippen MR) is 130 cm³/mol. The minimum absolute atomic E-state index is 0.329. The lowest BCUT2D eigenvalue weighted by Gasteiger charge is -2.34. The molecule has 1 aliphatic rings. The van der Waals surface area contributed by atoms with Gasteiger partial charge in [-0.1, -0.05) is 12.1 Å². The molecule has 1 aliphatic heterocycles. The Balaban J connectivity index is 1.68. The Hall–Kier alpha value is -4.05. The standard InChI is InChI=1S/C25H22F3N5O2/c1-24(31-14-25(26,27)28)30-13-17-12-20(15-3-6-19(35-2)7-4-15)23(34)33(22(17)32-24)18-5-8-21-16(11-18)9-10-29-21/h3-13,29,31-32H,14H2,1-2H3/t24-/m1/s1. The summed E-state index contributed by atoms with van der Waals surface area (Å²) in [5.41, 5.74) is 2.79. The van der Waals surface area contributed by atoms with Crippen molar-refractivity contribution in [1.82, 2.24) is 14.9 Å². The first kappa shape index (κ1) is 22.7. The molecule has 180 valence electrons. The van der Waals surface area contributed by atoms with Gasteiger partial charge >= 0.3 is 6.18 Å². The van der Waals surface area contributed by atoms with Gasteiger partial charge in [-0.15, -0.1) is 0 Å². The van der Waals surface area contributed by atoms with Crippen LogP contribution < -0.4 is 20.9 Å². The number of anilines is 1. The Kier molecular flexibility index (Phi) is 5.40. The number of halogens is 3. The number of nitrogens with zero attached hydrogens (tertiary/aromatic N) is 2. The molecule has 10 heteroatoms. The van der Waals surface area contributed by atoms with Gasteiger partial charge in [0.2, 0.25) is 0 Å². The number of benzene rings is 2. The van der Waals surface area contributed by atoms with Gasteiger partial charge in [0, 0.05) is 34.4 Å². The Bertz CT molecular complexity index is 1490. The maximum Gasteiger partial charge on any atom is 0.401 e. The number of hydrogen-bond acceptors (Lipinski definition) is 5. The number of aromatic amines is 1. The van der Waals surface area contributed by atoms with Crippen LogP contribution in [0.15, 0.2) is 70.6 Å². The third kappa shape index (κ3) is 4.40. The molecular formula is C25H22F3N5O2. The number of aliphatic imine (C=N–C) groups is 1. The van der Waals surface area contributed by atoms with Gasteiger partial charge in [-0.2, -0.15) is 13.2 Å². The summed E-state index contributed by atoms with van der Waals surface area (Å²) in [7, 11) is 1.56. The second-order valence-corrected chi connectivity index (χ2v) is 8.40. The molecule has 3 N–H and O–H groups in total. The number of rotatable bonds is 5. The van der Waals surface area contributed by atoms with Crippen LogP contribution in [0.2, 0.25) is 0 Å². The van der Waals surface area contributed by atoms with Crippen LogP contribution in [0.1, 0.15) is 12.5 Å². The first-order chi connectivity index (χ1) is 16.7. The van der Waals surface area contributed by atoms with Gasteiger partial charge in [-0.05, 0) is 55.0 Å². The predicted octanol–water partition coefficient (Wildman–Crippen LogP) is 4.66. The maximum absolute atomic E-state index is 13.8. The fourth-order valence-corrected chi connectivity index (χ4v) is 4.09. The summed E-state index contributed by atoms with van der Waals surface area (Å²) in [6, 6.07) is 16.1. The number of nitrogens with one attached hydrogen (secondary N) is 3. The number of aromatic nitrogens is 2. The maximum atomic E-state index is 13.8. The van der Waals surface area contributed by atoms with Crippen LogP contribution in [0.5, 0.6) is 5.75 Å². The Morgan fingerprint density at radius 1 is 1.11 bits per heavy atom. The first-order valence-electron chi connectivity index (χ1n) is 10.8. The molecule has 4 aromatic rings. The molecular weight excluding hydrogens is 459 g/mol. The number of pyridine rings is 1. The fraction of sp³-hybridized carbons (Fsp3) is 0.200. The normalized spacial score (nSPS) is 17.3. The van der Waals surface area contributed by atoms with E-state index in [1.165, 1.54) is 17.7 Å². The van der Waals surface area contributed by atoms with Gasteiger partial charge in [-0.25, -0.2) is 0 Å². The zero-order valence-corrected chi connectivity index (χ0v) is 18.9. The summed E-state index contributed by atoms with van der Waals surface area (Å²) in [5.74, 6) is -0.467. The van der Waals surface area contributed by atoms with Gasteiger partial charge < -0.3 is 15.0 Å². The van der Waals surface area contributed by atoms with E-state index in [2.05, 4.69) is 20.6 Å². The average molecular weight is 481 g/mol. The van der Waals surface area contributed by atoms with Crippen molar-refractivity contribution in [2.24, 2.45) is 4.99 Å². The van der Waals surface area contributed by atoms with Crippen molar-refractivity contribution in [3.05, 3.63) is 76.7 Å². The molecule has 35 heavy (non-hydrogen) atoms. The highest BCUT2D eigenvalue weighted by molar-refractivity contribution is 5.92. The summed E-state index contributed by atoms with van der Waals surface area (Å²) in [6.07, 6.45) is -1.14. The summed E-state index contributed by atoms with van der Waals surface area (Å²) in [5, 5.41) is 6.30. The topological polar surface area (TPSA) is 83.4 Å². The van der Waals surface area contributed by atoms with Gasteiger partial charge in [-0.3, -0.25) is 19.7 Å². The van der Waals surface area contributed by atoms with Crippen LogP contribution >= 0.6 is 0 Å². The number of methoxy groups -OCH3 is 1. The lowest BCUT2D eigenvalue weighted by Crippen LogP contribution is -2.53. The number of hydrogen-bond donors (Lipinski definition) is 3. The highest BCUT2D eigenvalue weighted by atomic mass is 19.4. The number of H-pyrrole nitrogens is 1. The lowest BCUT2D eigenvalue weighted by molar-refractivity contribution is -0.127. The summed E-state index contributed by atoms with van der Waals surface area (Å²) < 4.78 is 45.4. The van der Waals surface area contributed by atoms with Crippen molar-refractivity contribution < 1.29 is 17.9 Å². The van der Waals surface area contributed by atoms with Crippen molar-refractivity contribution in [2.45, 2.75) is 18.9 Å². The zero-order valence-electron chi connectivity index (χ0n) is 18.9. The number of fused-ring (bicyclic) bond motifs is 2. The van der Waals surface area contributed by atoms with E-state index >= 15 is 0 Å². The van der Waals surface area contributed by atoms with E-state index in [9.17, 15) is 18.0 Å². The van der Waals surface area contributed by atoms with E-state index in [1.807, 2.05) is 18.2 Å². The molecule has 0 saturated heterocycles. The summed E-state index contributed by atoms with van der Waals surface area (Å²) >= 11 is 0. The molecule has 0 saturated carbocycles. The smallest absolute Gasteiger partial charge is 0.401 e. The molecule has 0 aliphatic carbocycles. The average Bonchev–Trinajstić information content (AvgIpc) is 3.30. The highest BCUT2D eigenvalue weighted by Crippen LogP contribution is 2.30. The van der Waals surface area contributed by atoms with Crippen LogP contribution in [0.25, 0.3) is 27.7 Å². The van der Waals surface area contributed by atoms with Gasteiger partial charge in [0.15, 0.2) is 5.79 Å². The van der Waals surface area contributed by atoms with Crippen molar-refractivity contribution in [3.8, 4) is 22.6 Å².